The first kappa shape index (κ1) is 15.8. The standard InChI is InChI=1S/C15H18ClNO4/c1-9-12(4-3-5-13(9)16)15(20)17-8-11(21-2)6-10(17)7-14(18)19/h3-5,10-11H,6-8H2,1-2H3,(H,18,19). The van der Waals surface area contributed by atoms with Crippen LogP contribution in [0.1, 0.15) is 28.8 Å². The highest BCUT2D eigenvalue weighted by Crippen LogP contribution is 2.27. The Balaban J connectivity index is 2.27. The number of methoxy groups -OCH3 is 1. The summed E-state index contributed by atoms with van der Waals surface area (Å²) in [6.45, 7) is 2.19. The molecule has 1 fully saturated rings. The number of hydrogen-bond donors (Lipinski definition) is 1. The third kappa shape index (κ3) is 3.36. The number of ether oxygens (including phenoxy) is 1. The van der Waals surface area contributed by atoms with E-state index in [2.05, 4.69) is 0 Å². The molecule has 0 bridgehead atoms. The van der Waals surface area contributed by atoms with E-state index >= 15 is 0 Å². The fourth-order valence-corrected chi connectivity index (χ4v) is 2.86. The number of amides is 1. The normalized spacial score (nSPS) is 21.6. The van der Waals surface area contributed by atoms with E-state index in [1.807, 2.05) is 0 Å². The van der Waals surface area contributed by atoms with Gasteiger partial charge in [-0.3, -0.25) is 9.59 Å². The van der Waals surface area contributed by atoms with Crippen LogP contribution in [0.4, 0.5) is 0 Å². The number of halogens is 1. The zero-order chi connectivity index (χ0) is 15.6. The van der Waals surface area contributed by atoms with Crippen LogP contribution < -0.4 is 0 Å². The van der Waals surface area contributed by atoms with E-state index in [-0.39, 0.29) is 24.5 Å². The summed E-state index contributed by atoms with van der Waals surface area (Å²) >= 11 is 6.05. The second-order valence-corrected chi connectivity index (χ2v) is 5.62. The molecule has 5 nitrogen and oxygen atoms in total. The van der Waals surface area contributed by atoms with E-state index in [0.29, 0.717) is 29.1 Å². The number of carboxylic acid groups (broad SMARTS) is 1. The molecule has 1 heterocycles. The first-order chi connectivity index (χ1) is 9.93. The summed E-state index contributed by atoms with van der Waals surface area (Å²) in [4.78, 5) is 25.3. The minimum atomic E-state index is -0.919. The molecule has 0 saturated carbocycles. The van der Waals surface area contributed by atoms with Crippen LogP contribution >= 0.6 is 11.6 Å². The number of likely N-dealkylation sites (tertiary alicyclic amines) is 1. The molecular formula is C15H18ClNO4. The highest BCUT2D eigenvalue weighted by molar-refractivity contribution is 6.31. The molecule has 1 aliphatic rings. The van der Waals surface area contributed by atoms with Crippen molar-refractivity contribution in [2.75, 3.05) is 13.7 Å². The van der Waals surface area contributed by atoms with Crippen LogP contribution in [0.25, 0.3) is 0 Å². The Labute approximate surface area is 128 Å². The SMILES string of the molecule is COC1CC(CC(=O)O)N(C(=O)c2cccc(Cl)c2C)C1. The minimum Gasteiger partial charge on any atom is -0.481 e. The number of benzene rings is 1. The Bertz CT molecular complexity index is 561. The van der Waals surface area contributed by atoms with Crippen LogP contribution in [0.15, 0.2) is 18.2 Å². The molecule has 0 aromatic heterocycles. The summed E-state index contributed by atoms with van der Waals surface area (Å²) in [6.07, 6.45) is 0.331. The maximum atomic E-state index is 12.7. The zero-order valence-electron chi connectivity index (χ0n) is 12.0. The topological polar surface area (TPSA) is 66.8 Å². The molecule has 1 aromatic rings. The largest absolute Gasteiger partial charge is 0.481 e. The van der Waals surface area contributed by atoms with Crippen LogP contribution in [0.5, 0.6) is 0 Å². The zero-order valence-corrected chi connectivity index (χ0v) is 12.8. The first-order valence-electron chi connectivity index (χ1n) is 6.74. The van der Waals surface area contributed by atoms with Crippen LogP contribution in [-0.2, 0) is 9.53 Å². The molecule has 6 heteroatoms. The van der Waals surface area contributed by atoms with Gasteiger partial charge in [0, 0.05) is 30.3 Å². The second kappa shape index (κ2) is 6.45. The van der Waals surface area contributed by atoms with Crippen molar-refractivity contribution in [2.45, 2.75) is 31.9 Å². The van der Waals surface area contributed by atoms with E-state index in [4.69, 9.17) is 21.4 Å². The predicted molar refractivity (Wildman–Crippen MR) is 78.7 cm³/mol. The van der Waals surface area contributed by atoms with Gasteiger partial charge in [0.05, 0.1) is 12.5 Å². The predicted octanol–water partition coefficient (Wildman–Crippen LogP) is 2.35. The number of hydrogen-bond acceptors (Lipinski definition) is 3. The maximum absolute atomic E-state index is 12.7. The Morgan fingerprint density at radius 2 is 2.19 bits per heavy atom. The molecule has 2 unspecified atom stereocenters. The van der Waals surface area contributed by atoms with Crippen LogP contribution in [0, 0.1) is 6.92 Å². The van der Waals surface area contributed by atoms with Gasteiger partial charge in [-0.25, -0.2) is 0 Å². The Morgan fingerprint density at radius 3 is 2.81 bits per heavy atom. The van der Waals surface area contributed by atoms with Gasteiger partial charge >= 0.3 is 5.97 Å². The van der Waals surface area contributed by atoms with Crippen molar-refractivity contribution < 1.29 is 19.4 Å². The summed E-state index contributed by atoms with van der Waals surface area (Å²) in [6, 6.07) is 4.81. The van der Waals surface area contributed by atoms with E-state index in [1.165, 1.54) is 0 Å². The van der Waals surface area contributed by atoms with Gasteiger partial charge in [0.25, 0.3) is 5.91 Å². The molecule has 1 saturated heterocycles. The molecule has 114 valence electrons. The summed E-state index contributed by atoms with van der Waals surface area (Å²) in [7, 11) is 1.57. The molecular weight excluding hydrogens is 294 g/mol. The molecule has 1 aromatic carbocycles. The lowest BCUT2D eigenvalue weighted by Gasteiger charge is -2.24. The fourth-order valence-electron chi connectivity index (χ4n) is 2.68. The van der Waals surface area contributed by atoms with Gasteiger partial charge in [-0.05, 0) is 31.0 Å². The third-order valence-electron chi connectivity index (χ3n) is 3.88. The molecule has 1 N–H and O–H groups in total. The highest BCUT2D eigenvalue weighted by Gasteiger charge is 2.37. The Kier molecular flexibility index (Phi) is 4.85. The van der Waals surface area contributed by atoms with Crippen LogP contribution in [0.2, 0.25) is 5.02 Å². The lowest BCUT2D eigenvalue weighted by molar-refractivity contribution is -0.137. The fraction of sp³-hybridized carbons (Fsp3) is 0.467. The quantitative estimate of drug-likeness (QED) is 0.927. The number of nitrogens with zero attached hydrogens (tertiary/aromatic N) is 1. The average molecular weight is 312 g/mol. The van der Waals surface area contributed by atoms with E-state index < -0.39 is 5.97 Å². The Morgan fingerprint density at radius 1 is 1.48 bits per heavy atom. The van der Waals surface area contributed by atoms with Gasteiger partial charge in [0.1, 0.15) is 0 Å². The van der Waals surface area contributed by atoms with Gasteiger partial charge in [-0.15, -0.1) is 0 Å². The van der Waals surface area contributed by atoms with E-state index in [0.717, 1.165) is 0 Å². The van der Waals surface area contributed by atoms with Crippen molar-refractivity contribution in [3.8, 4) is 0 Å². The van der Waals surface area contributed by atoms with Gasteiger partial charge < -0.3 is 14.7 Å². The lowest BCUT2D eigenvalue weighted by atomic mass is 10.1. The van der Waals surface area contributed by atoms with Crippen molar-refractivity contribution in [2.24, 2.45) is 0 Å². The molecule has 0 aliphatic carbocycles. The van der Waals surface area contributed by atoms with Crippen LogP contribution in [0.3, 0.4) is 0 Å². The summed E-state index contributed by atoms with van der Waals surface area (Å²) in [5.74, 6) is -1.11. The summed E-state index contributed by atoms with van der Waals surface area (Å²) in [5, 5.41) is 9.53. The monoisotopic (exact) mass is 311 g/mol. The highest BCUT2D eigenvalue weighted by atomic mass is 35.5. The third-order valence-corrected chi connectivity index (χ3v) is 4.29. The smallest absolute Gasteiger partial charge is 0.305 e. The van der Waals surface area contributed by atoms with Gasteiger partial charge in [0.15, 0.2) is 0 Å². The molecule has 2 rings (SSSR count). The van der Waals surface area contributed by atoms with Crippen LogP contribution in [-0.4, -0.2) is 47.7 Å². The summed E-state index contributed by atoms with van der Waals surface area (Å²) in [5.41, 5.74) is 1.22. The molecule has 21 heavy (non-hydrogen) atoms. The minimum absolute atomic E-state index is 0.0782. The summed E-state index contributed by atoms with van der Waals surface area (Å²) < 4.78 is 5.28. The number of aliphatic carboxylic acids is 1. The Hall–Kier alpha value is -1.59. The number of carboxylic acids is 1. The molecule has 1 aliphatic heterocycles. The number of carbonyl (C=O) groups excluding carboxylic acids is 1. The van der Waals surface area contributed by atoms with Crippen molar-refractivity contribution in [1.29, 1.82) is 0 Å². The van der Waals surface area contributed by atoms with Crippen molar-refractivity contribution in [1.82, 2.24) is 4.90 Å². The second-order valence-electron chi connectivity index (χ2n) is 5.22. The molecule has 1 amide bonds. The van der Waals surface area contributed by atoms with Crippen molar-refractivity contribution in [3.05, 3.63) is 34.3 Å². The first-order valence-corrected chi connectivity index (χ1v) is 7.12. The van der Waals surface area contributed by atoms with E-state index in [9.17, 15) is 9.59 Å². The van der Waals surface area contributed by atoms with Crippen molar-refractivity contribution in [3.63, 3.8) is 0 Å². The van der Waals surface area contributed by atoms with Gasteiger partial charge in [0.2, 0.25) is 0 Å². The number of carbonyl (C=O) groups is 2. The lowest BCUT2D eigenvalue weighted by Crippen LogP contribution is -2.37. The van der Waals surface area contributed by atoms with E-state index in [1.54, 1.807) is 37.1 Å². The molecule has 0 spiro atoms. The maximum Gasteiger partial charge on any atom is 0.305 e. The number of rotatable bonds is 4. The van der Waals surface area contributed by atoms with Crippen molar-refractivity contribution >= 4 is 23.5 Å². The van der Waals surface area contributed by atoms with Gasteiger partial charge in [-0.1, -0.05) is 17.7 Å². The molecule has 0 radical (unpaired) electrons. The molecule has 2 atom stereocenters. The van der Waals surface area contributed by atoms with Gasteiger partial charge in [-0.2, -0.15) is 0 Å². The average Bonchev–Trinajstić information content (AvgIpc) is 2.83.